The van der Waals surface area contributed by atoms with Crippen LogP contribution in [0, 0.1) is 6.92 Å². The highest BCUT2D eigenvalue weighted by atomic mass is 16.6. The zero-order valence-electron chi connectivity index (χ0n) is 28.5. The first-order valence-corrected chi connectivity index (χ1v) is 16.7. The molecule has 3 aromatic rings. The molecule has 3 aliphatic heterocycles. The molecule has 3 saturated heterocycles. The van der Waals surface area contributed by atoms with Crippen LogP contribution in [0.3, 0.4) is 0 Å². The quantitative estimate of drug-likeness (QED) is 0.296. The van der Waals surface area contributed by atoms with E-state index in [1.165, 1.54) is 0 Å². The number of hydrogen-bond acceptors (Lipinski definition) is 9. The highest BCUT2D eigenvalue weighted by molar-refractivity contribution is 5.85. The van der Waals surface area contributed by atoms with Crippen LogP contribution in [0.15, 0.2) is 36.4 Å². The number of carbonyl (C=O) groups is 2. The largest absolute Gasteiger partial charge is 0.497 e. The second-order valence-corrected chi connectivity index (χ2v) is 13.9. The molecule has 11 nitrogen and oxygen atoms in total. The molecule has 0 saturated carbocycles. The Bertz CT molecular complexity index is 1610. The van der Waals surface area contributed by atoms with Gasteiger partial charge in [0.1, 0.15) is 23.2 Å². The maximum atomic E-state index is 13.4. The first kappa shape index (κ1) is 32.8. The third-order valence-electron chi connectivity index (χ3n) is 9.52. The fourth-order valence-corrected chi connectivity index (χ4v) is 7.00. The zero-order chi connectivity index (χ0) is 33.3. The number of ether oxygens (including phenoxy) is 4. The number of rotatable bonds is 7. The molecule has 5 heterocycles. The van der Waals surface area contributed by atoms with Gasteiger partial charge in [-0.05, 0) is 89.8 Å². The molecule has 0 unspecified atom stereocenters. The van der Waals surface area contributed by atoms with Gasteiger partial charge in [-0.3, -0.25) is 14.9 Å². The van der Waals surface area contributed by atoms with E-state index in [4.69, 9.17) is 28.9 Å². The Morgan fingerprint density at radius 2 is 1.70 bits per heavy atom. The summed E-state index contributed by atoms with van der Waals surface area (Å²) in [6.07, 6.45) is 2.38. The molecule has 0 bridgehead atoms. The van der Waals surface area contributed by atoms with Crippen molar-refractivity contribution in [1.29, 1.82) is 0 Å². The highest BCUT2D eigenvalue weighted by Gasteiger charge is 2.39. The summed E-state index contributed by atoms with van der Waals surface area (Å²) in [5.41, 5.74) is 4.15. The molecule has 3 fully saturated rings. The van der Waals surface area contributed by atoms with E-state index in [9.17, 15) is 9.59 Å². The lowest BCUT2D eigenvalue weighted by Crippen LogP contribution is -2.45. The van der Waals surface area contributed by atoms with Gasteiger partial charge in [0.2, 0.25) is 0 Å². The van der Waals surface area contributed by atoms with E-state index in [2.05, 4.69) is 11.0 Å². The number of cyclic esters (lactones) is 1. The predicted octanol–water partition coefficient (Wildman–Crippen LogP) is 6.23. The molecule has 3 aliphatic rings. The Kier molecular flexibility index (Phi) is 9.46. The van der Waals surface area contributed by atoms with Gasteiger partial charge in [0.15, 0.2) is 0 Å². The summed E-state index contributed by atoms with van der Waals surface area (Å²) in [5.74, 6) is 1.71. The van der Waals surface area contributed by atoms with Crippen LogP contribution >= 0.6 is 0 Å². The van der Waals surface area contributed by atoms with Crippen molar-refractivity contribution >= 4 is 23.1 Å². The van der Waals surface area contributed by atoms with Crippen molar-refractivity contribution in [3.63, 3.8) is 0 Å². The van der Waals surface area contributed by atoms with Gasteiger partial charge in [0.25, 0.3) is 0 Å². The lowest BCUT2D eigenvalue weighted by Gasteiger charge is -2.35. The fraction of sp³-hybridized carbons (Fsp3) is 0.556. The number of nitrogens with zero attached hydrogens (tertiary/aromatic N) is 5. The SMILES string of the molecule is COc1ccc2nc(C3CCN(C(=O)OC(C)(C)C)CC3)cc([C@H]3CN(C4CCN(Cc5ccc(OC)c(C)n5)CC4)C(=O)O3)c2c1. The molecule has 1 atom stereocenters. The molecule has 0 radical (unpaired) electrons. The molecular formula is C36H47N5O6. The molecule has 252 valence electrons. The minimum Gasteiger partial charge on any atom is -0.497 e. The number of aryl methyl sites for hydroxylation is 1. The van der Waals surface area contributed by atoms with Crippen molar-refractivity contribution in [3.05, 3.63) is 59.0 Å². The van der Waals surface area contributed by atoms with Gasteiger partial charge in [-0.25, -0.2) is 9.59 Å². The summed E-state index contributed by atoms with van der Waals surface area (Å²) < 4.78 is 22.6. The molecule has 2 amide bonds. The molecule has 0 aliphatic carbocycles. The number of hydrogen-bond donors (Lipinski definition) is 0. The first-order valence-electron chi connectivity index (χ1n) is 16.7. The molecule has 47 heavy (non-hydrogen) atoms. The van der Waals surface area contributed by atoms with Crippen molar-refractivity contribution < 1.29 is 28.5 Å². The number of amides is 2. The van der Waals surface area contributed by atoms with Gasteiger partial charge in [0.05, 0.1) is 37.7 Å². The predicted molar refractivity (Wildman–Crippen MR) is 178 cm³/mol. The summed E-state index contributed by atoms with van der Waals surface area (Å²) in [6, 6.07) is 12.1. The number of pyridine rings is 2. The number of likely N-dealkylation sites (tertiary alicyclic amines) is 2. The van der Waals surface area contributed by atoms with Crippen molar-refractivity contribution in [2.24, 2.45) is 0 Å². The number of piperidine rings is 2. The molecule has 2 aromatic heterocycles. The van der Waals surface area contributed by atoms with Gasteiger partial charge in [0, 0.05) is 61.3 Å². The molecular weight excluding hydrogens is 598 g/mol. The number of carbonyl (C=O) groups excluding carboxylic acids is 2. The van der Waals surface area contributed by atoms with E-state index in [-0.39, 0.29) is 24.1 Å². The minimum absolute atomic E-state index is 0.119. The fourth-order valence-electron chi connectivity index (χ4n) is 7.00. The van der Waals surface area contributed by atoms with Crippen LogP contribution in [-0.2, 0) is 16.0 Å². The second-order valence-electron chi connectivity index (χ2n) is 13.9. The maximum absolute atomic E-state index is 13.4. The summed E-state index contributed by atoms with van der Waals surface area (Å²) >= 11 is 0. The van der Waals surface area contributed by atoms with Crippen LogP contribution in [0.25, 0.3) is 10.9 Å². The Morgan fingerprint density at radius 1 is 0.957 bits per heavy atom. The highest BCUT2D eigenvalue weighted by Crippen LogP contribution is 2.38. The van der Waals surface area contributed by atoms with Crippen LogP contribution in [0.1, 0.15) is 81.1 Å². The van der Waals surface area contributed by atoms with Crippen LogP contribution < -0.4 is 9.47 Å². The van der Waals surface area contributed by atoms with Gasteiger partial charge >= 0.3 is 12.2 Å². The molecule has 11 heteroatoms. The average Bonchev–Trinajstić information content (AvgIpc) is 3.44. The zero-order valence-corrected chi connectivity index (χ0v) is 28.5. The van der Waals surface area contributed by atoms with Gasteiger partial charge in [-0.1, -0.05) is 0 Å². The molecule has 1 aromatic carbocycles. The van der Waals surface area contributed by atoms with Crippen LogP contribution in [0.5, 0.6) is 11.5 Å². The third-order valence-corrected chi connectivity index (χ3v) is 9.52. The van der Waals surface area contributed by atoms with Crippen molar-refractivity contribution in [1.82, 2.24) is 24.7 Å². The molecule has 0 N–H and O–H groups in total. The van der Waals surface area contributed by atoms with E-state index in [1.54, 1.807) is 19.1 Å². The van der Waals surface area contributed by atoms with E-state index >= 15 is 0 Å². The topological polar surface area (TPSA) is 107 Å². The monoisotopic (exact) mass is 645 g/mol. The van der Waals surface area contributed by atoms with E-state index in [0.717, 1.165) is 90.4 Å². The van der Waals surface area contributed by atoms with Crippen LogP contribution in [0.4, 0.5) is 9.59 Å². The first-order chi connectivity index (χ1) is 22.5. The van der Waals surface area contributed by atoms with Crippen molar-refractivity contribution in [2.75, 3.05) is 46.9 Å². The summed E-state index contributed by atoms with van der Waals surface area (Å²) in [6.45, 7) is 11.9. The van der Waals surface area contributed by atoms with Crippen molar-refractivity contribution in [3.8, 4) is 11.5 Å². The number of benzene rings is 1. The number of methoxy groups -OCH3 is 2. The Hall–Kier alpha value is -4.12. The minimum atomic E-state index is -0.526. The molecule has 6 rings (SSSR count). The average molecular weight is 646 g/mol. The number of aromatic nitrogens is 2. The normalized spacial score (nSPS) is 20.0. The number of fused-ring (bicyclic) bond motifs is 1. The van der Waals surface area contributed by atoms with Gasteiger partial charge in [-0.2, -0.15) is 0 Å². The van der Waals surface area contributed by atoms with Gasteiger partial charge < -0.3 is 28.7 Å². The second kappa shape index (κ2) is 13.5. The van der Waals surface area contributed by atoms with Crippen molar-refractivity contribution in [2.45, 2.75) is 83.6 Å². The van der Waals surface area contributed by atoms with Gasteiger partial charge in [-0.15, -0.1) is 0 Å². The lowest BCUT2D eigenvalue weighted by molar-refractivity contribution is 0.0204. The summed E-state index contributed by atoms with van der Waals surface area (Å²) in [7, 11) is 3.31. The van der Waals surface area contributed by atoms with Crippen LogP contribution in [0.2, 0.25) is 0 Å². The van der Waals surface area contributed by atoms with Crippen LogP contribution in [-0.4, -0.2) is 95.4 Å². The lowest BCUT2D eigenvalue weighted by atomic mass is 9.90. The standard InChI is InChI=1S/C36H47N5O6/c1-23-32(45-6)10-7-25(37-23)21-39-15-13-26(14-16-39)41-22-33(46-35(41)43)29-20-31(38-30-9-8-27(44-5)19-28(29)30)24-11-17-40(18-12-24)34(42)47-36(2,3)4/h7-10,19-20,24,26,33H,11-18,21-22H2,1-6H3/t33-/m1/s1. The molecule has 0 spiro atoms. The smallest absolute Gasteiger partial charge is 0.410 e. The Balaban J connectivity index is 1.15. The Labute approximate surface area is 277 Å². The maximum Gasteiger partial charge on any atom is 0.410 e. The van der Waals surface area contributed by atoms with E-state index in [1.807, 2.05) is 62.9 Å². The van der Waals surface area contributed by atoms with E-state index < -0.39 is 11.7 Å². The third kappa shape index (κ3) is 7.40. The Morgan fingerprint density at radius 3 is 2.36 bits per heavy atom. The summed E-state index contributed by atoms with van der Waals surface area (Å²) in [5, 5.41) is 0.927. The summed E-state index contributed by atoms with van der Waals surface area (Å²) in [4.78, 5) is 41.9. The van der Waals surface area contributed by atoms with E-state index in [0.29, 0.717) is 19.6 Å².